The highest BCUT2D eigenvalue weighted by molar-refractivity contribution is 9.10. The fourth-order valence-corrected chi connectivity index (χ4v) is 10.1. The van der Waals surface area contributed by atoms with Crippen molar-refractivity contribution >= 4 is 48.9 Å². The predicted molar refractivity (Wildman–Crippen MR) is 196 cm³/mol. The van der Waals surface area contributed by atoms with E-state index in [0.717, 1.165) is 44.0 Å². The van der Waals surface area contributed by atoms with Crippen molar-refractivity contribution in [1.29, 1.82) is 0 Å². The van der Waals surface area contributed by atoms with Crippen molar-refractivity contribution < 1.29 is 0 Å². The van der Waals surface area contributed by atoms with Crippen LogP contribution in [0, 0.1) is 13.8 Å². The molecule has 224 valence electrons. The minimum Gasteiger partial charge on any atom is -0.310 e. The monoisotopic (exact) mass is 713 g/mol. The van der Waals surface area contributed by atoms with Crippen LogP contribution in [0.3, 0.4) is 0 Å². The van der Waals surface area contributed by atoms with Gasteiger partial charge in [-0.15, -0.1) is 0 Å². The van der Waals surface area contributed by atoms with E-state index in [-0.39, 0.29) is 0 Å². The highest BCUT2D eigenvalue weighted by atomic mass is 79.9. The Morgan fingerprint density at radius 3 is 1.56 bits per heavy atom. The number of halogens is 2. The average Bonchev–Trinajstić information content (AvgIpc) is 3.86. The molecule has 0 radical (unpaired) electrons. The molecule has 0 heterocycles. The van der Waals surface area contributed by atoms with Gasteiger partial charge in [-0.2, -0.15) is 0 Å². The van der Waals surface area contributed by atoms with Crippen molar-refractivity contribution in [2.45, 2.75) is 76.0 Å². The molecule has 0 N–H and O–H groups in total. The zero-order valence-corrected chi connectivity index (χ0v) is 29.1. The van der Waals surface area contributed by atoms with E-state index in [1.54, 1.807) is 22.3 Å². The van der Waals surface area contributed by atoms with Gasteiger partial charge in [0.05, 0.1) is 5.69 Å². The Morgan fingerprint density at radius 1 is 0.511 bits per heavy atom. The van der Waals surface area contributed by atoms with Gasteiger partial charge in [0, 0.05) is 25.9 Å². The Hall–Kier alpha value is -3.14. The topological polar surface area (TPSA) is 3.24 Å². The number of hydrogen-bond donors (Lipinski definition) is 0. The summed E-state index contributed by atoms with van der Waals surface area (Å²) in [6.07, 6.45) is 8.12. The summed E-state index contributed by atoms with van der Waals surface area (Å²) >= 11 is 7.37. The number of fused-ring (bicyclic) bond motifs is 10. The SMILES string of the molecule is Cc1cc(-c2ccc(-c3cc(C)c4c(c3)C3CCC4C3)c(N(c3ccc(Br)cc3)c3ccc(Br)cc3)c2)cc2c1C1CCC2C1. The number of hydrogen-bond acceptors (Lipinski definition) is 1. The summed E-state index contributed by atoms with van der Waals surface area (Å²) in [5, 5.41) is 0. The van der Waals surface area contributed by atoms with Crippen LogP contribution >= 0.6 is 31.9 Å². The van der Waals surface area contributed by atoms with E-state index in [1.807, 2.05) is 0 Å². The summed E-state index contributed by atoms with van der Waals surface area (Å²) in [5.41, 5.74) is 18.3. The first-order valence-electron chi connectivity index (χ1n) is 16.7. The molecule has 2 saturated carbocycles. The van der Waals surface area contributed by atoms with Crippen LogP contribution in [-0.2, 0) is 0 Å². The lowest BCUT2D eigenvalue weighted by Crippen LogP contribution is -2.12. The summed E-state index contributed by atoms with van der Waals surface area (Å²) in [4.78, 5) is 2.45. The van der Waals surface area contributed by atoms with Gasteiger partial charge in [-0.1, -0.05) is 68.3 Å². The van der Waals surface area contributed by atoms with E-state index in [2.05, 4.69) is 142 Å². The highest BCUT2D eigenvalue weighted by Gasteiger charge is 2.39. The van der Waals surface area contributed by atoms with Gasteiger partial charge in [0.15, 0.2) is 0 Å². The molecule has 2 fully saturated rings. The smallest absolute Gasteiger partial charge is 0.0546 e. The third kappa shape index (κ3) is 4.60. The highest BCUT2D eigenvalue weighted by Crippen LogP contribution is 2.57. The molecule has 45 heavy (non-hydrogen) atoms. The molecular formula is C42H37Br2N. The van der Waals surface area contributed by atoms with Crippen LogP contribution in [0.25, 0.3) is 22.3 Å². The molecule has 4 bridgehead atoms. The Balaban J connectivity index is 1.27. The molecule has 4 unspecified atom stereocenters. The molecule has 5 aromatic carbocycles. The molecule has 0 saturated heterocycles. The molecule has 0 spiro atoms. The fourth-order valence-electron chi connectivity index (χ4n) is 9.56. The maximum atomic E-state index is 3.68. The normalized spacial score (nSPS) is 22.1. The quantitative estimate of drug-likeness (QED) is 0.175. The lowest BCUT2D eigenvalue weighted by atomic mass is 9.84. The average molecular weight is 716 g/mol. The summed E-state index contributed by atoms with van der Waals surface area (Å²) in [6.45, 7) is 4.69. The number of nitrogens with zero attached hydrogens (tertiary/aromatic N) is 1. The van der Waals surface area contributed by atoms with Crippen LogP contribution in [0.4, 0.5) is 17.1 Å². The summed E-state index contributed by atoms with van der Waals surface area (Å²) in [6, 6.07) is 34.8. The van der Waals surface area contributed by atoms with Gasteiger partial charge in [0.25, 0.3) is 0 Å². The summed E-state index contributed by atoms with van der Waals surface area (Å²) in [5.74, 6) is 3.01. The van der Waals surface area contributed by atoms with E-state index >= 15 is 0 Å². The largest absolute Gasteiger partial charge is 0.310 e. The van der Waals surface area contributed by atoms with Gasteiger partial charge in [-0.05, 0) is 181 Å². The minimum atomic E-state index is 0.727. The molecule has 0 aliphatic heterocycles. The third-order valence-corrected chi connectivity index (χ3v) is 12.5. The molecule has 1 nitrogen and oxygen atoms in total. The van der Waals surface area contributed by atoms with Crippen molar-refractivity contribution in [3.8, 4) is 22.3 Å². The van der Waals surface area contributed by atoms with Gasteiger partial charge in [-0.25, -0.2) is 0 Å². The third-order valence-electron chi connectivity index (χ3n) is 11.5. The van der Waals surface area contributed by atoms with E-state index in [9.17, 15) is 0 Å². The van der Waals surface area contributed by atoms with Crippen molar-refractivity contribution in [1.82, 2.24) is 0 Å². The Kier molecular flexibility index (Phi) is 6.69. The molecule has 4 aliphatic rings. The lowest BCUT2D eigenvalue weighted by molar-refractivity contribution is 0.714. The van der Waals surface area contributed by atoms with E-state index in [4.69, 9.17) is 0 Å². The van der Waals surface area contributed by atoms with Gasteiger partial charge < -0.3 is 4.90 Å². The van der Waals surface area contributed by atoms with Gasteiger partial charge >= 0.3 is 0 Å². The predicted octanol–water partition coefficient (Wildman–Crippen LogP) is 13.4. The van der Waals surface area contributed by atoms with Crippen LogP contribution in [0.5, 0.6) is 0 Å². The first-order chi connectivity index (χ1) is 21.9. The fraction of sp³-hybridized carbons (Fsp3) is 0.286. The maximum Gasteiger partial charge on any atom is 0.0546 e. The number of anilines is 3. The van der Waals surface area contributed by atoms with Crippen LogP contribution in [0.1, 0.15) is 95.6 Å². The first kappa shape index (κ1) is 28.1. The standard InChI is InChI=1S/C42H37Br2N/c1-24-17-31(21-38-27-3-5-29(19-27)41(24)38)26-7-16-37(32-18-25(2)42-30-6-4-28(20-30)39(42)22-32)40(23-26)45(35-12-8-33(43)9-13-35)36-14-10-34(44)11-15-36/h7-18,21-23,27-30H,3-6,19-20H2,1-2H3. The molecule has 9 rings (SSSR count). The van der Waals surface area contributed by atoms with Crippen molar-refractivity contribution in [3.63, 3.8) is 0 Å². The second kappa shape index (κ2) is 10.7. The van der Waals surface area contributed by atoms with Crippen molar-refractivity contribution in [2.75, 3.05) is 4.90 Å². The molecule has 0 amide bonds. The molecule has 4 atom stereocenters. The Morgan fingerprint density at radius 2 is 1.00 bits per heavy atom. The van der Waals surface area contributed by atoms with Crippen molar-refractivity contribution in [3.05, 3.63) is 133 Å². The van der Waals surface area contributed by atoms with Crippen LogP contribution in [0.2, 0.25) is 0 Å². The van der Waals surface area contributed by atoms with Gasteiger partial charge in [0.2, 0.25) is 0 Å². The zero-order chi connectivity index (χ0) is 30.4. The lowest BCUT2D eigenvalue weighted by Gasteiger charge is -2.29. The Bertz CT molecular complexity index is 1930. The van der Waals surface area contributed by atoms with Gasteiger partial charge in [0.1, 0.15) is 0 Å². The van der Waals surface area contributed by atoms with E-state index < -0.39 is 0 Å². The number of rotatable bonds is 5. The maximum absolute atomic E-state index is 3.68. The summed E-state index contributed by atoms with van der Waals surface area (Å²) in [7, 11) is 0. The minimum absolute atomic E-state index is 0.727. The second-order valence-corrected chi connectivity index (χ2v) is 15.9. The number of benzene rings is 5. The zero-order valence-electron chi connectivity index (χ0n) is 25.9. The van der Waals surface area contributed by atoms with Gasteiger partial charge in [-0.3, -0.25) is 0 Å². The summed E-state index contributed by atoms with van der Waals surface area (Å²) < 4.78 is 2.17. The molecular weight excluding hydrogens is 678 g/mol. The van der Waals surface area contributed by atoms with E-state index in [0.29, 0.717) is 0 Å². The van der Waals surface area contributed by atoms with E-state index in [1.165, 1.54) is 77.6 Å². The molecule has 0 aromatic heterocycles. The van der Waals surface area contributed by atoms with Crippen molar-refractivity contribution in [2.24, 2.45) is 0 Å². The van der Waals surface area contributed by atoms with Crippen LogP contribution in [-0.4, -0.2) is 0 Å². The molecule has 3 heteroatoms. The second-order valence-electron chi connectivity index (χ2n) is 14.0. The number of aryl methyl sites for hydroxylation is 2. The Labute approximate surface area is 284 Å². The van der Waals surface area contributed by atoms with Crippen LogP contribution in [0.15, 0.2) is 99.9 Å². The molecule has 4 aliphatic carbocycles. The van der Waals surface area contributed by atoms with Crippen LogP contribution < -0.4 is 4.90 Å². The molecule has 5 aromatic rings. The first-order valence-corrected chi connectivity index (χ1v) is 18.2.